The summed E-state index contributed by atoms with van der Waals surface area (Å²) in [6, 6.07) is 11.7. The number of carbonyl (C=O) groups excluding carboxylic acids is 1. The summed E-state index contributed by atoms with van der Waals surface area (Å²) in [5, 5.41) is 9.35. The van der Waals surface area contributed by atoms with Gasteiger partial charge in [0.2, 0.25) is 5.95 Å². The van der Waals surface area contributed by atoms with E-state index in [1.807, 2.05) is 0 Å². The maximum atomic E-state index is 13.6. The molecule has 47 heavy (non-hydrogen) atoms. The highest BCUT2D eigenvalue weighted by Crippen LogP contribution is 2.31. The van der Waals surface area contributed by atoms with Crippen LogP contribution in [0, 0.1) is 5.82 Å². The Morgan fingerprint density at radius 3 is 2.26 bits per heavy atom. The number of hydrogen-bond acceptors (Lipinski definition) is 11. The molecule has 1 fully saturated rings. The van der Waals surface area contributed by atoms with Crippen LogP contribution in [0.5, 0.6) is 0 Å². The molecule has 2 aromatic heterocycles. The monoisotopic (exact) mass is 674 g/mol. The Bertz CT molecular complexity index is 1740. The molecule has 248 valence electrons. The average Bonchev–Trinajstić information content (AvgIpc) is 3.07. The number of hydroxylamine groups is 1. The second-order valence-electron chi connectivity index (χ2n) is 10.7. The molecule has 2 aromatic carbocycles. The number of carbonyl (C=O) groups is 1. The molecule has 1 aliphatic carbocycles. The number of aromatic nitrogens is 4. The lowest BCUT2D eigenvalue weighted by Crippen LogP contribution is -2.47. The van der Waals surface area contributed by atoms with E-state index in [4.69, 9.17) is 0 Å². The first-order chi connectivity index (χ1) is 22.5. The number of halogens is 4. The second kappa shape index (κ2) is 14.8. The van der Waals surface area contributed by atoms with Gasteiger partial charge in [0.05, 0.1) is 10.9 Å². The fraction of sp³-hybridized carbons (Fsp3) is 0.300. The van der Waals surface area contributed by atoms with Gasteiger partial charge in [-0.15, -0.1) is 0 Å². The average molecular weight is 675 g/mol. The highest BCUT2D eigenvalue weighted by Gasteiger charge is 2.46. The third-order valence-electron chi connectivity index (χ3n) is 7.29. The predicted molar refractivity (Wildman–Crippen MR) is 162 cm³/mol. The number of alkyl halides is 3. The minimum Gasteiger partial charge on any atom is -0.350 e. The van der Waals surface area contributed by atoms with Gasteiger partial charge in [-0.2, -0.15) is 18.2 Å². The van der Waals surface area contributed by atoms with Gasteiger partial charge in [0.15, 0.2) is 0 Å². The van der Waals surface area contributed by atoms with Crippen molar-refractivity contribution in [3.63, 3.8) is 0 Å². The SMILES string of the molecule is O=C(ON(C1CCC(NCc2cncnc2)CC1)S(=O)(=O)c1ccc(CNc2nccc(Nc3ccc(F)cc3)n2)cc1)C(F)(F)F. The van der Waals surface area contributed by atoms with Crippen molar-refractivity contribution in [1.82, 2.24) is 29.7 Å². The van der Waals surface area contributed by atoms with Gasteiger partial charge in [-0.05, 0) is 78.2 Å². The summed E-state index contributed by atoms with van der Waals surface area (Å²) in [4.78, 5) is 32.4. The molecule has 2 heterocycles. The summed E-state index contributed by atoms with van der Waals surface area (Å²) in [5.41, 5.74) is 2.07. The molecule has 0 saturated heterocycles. The Kier molecular flexibility index (Phi) is 10.6. The van der Waals surface area contributed by atoms with Crippen molar-refractivity contribution >= 4 is 33.4 Å². The molecule has 0 atom stereocenters. The molecule has 1 aliphatic rings. The van der Waals surface area contributed by atoms with Crippen LogP contribution in [0.15, 0.2) is 84.4 Å². The van der Waals surface area contributed by atoms with Gasteiger partial charge in [-0.1, -0.05) is 12.1 Å². The van der Waals surface area contributed by atoms with Crippen LogP contribution >= 0.6 is 0 Å². The molecule has 1 saturated carbocycles. The van der Waals surface area contributed by atoms with Crippen LogP contribution in [0.3, 0.4) is 0 Å². The van der Waals surface area contributed by atoms with E-state index in [1.165, 1.54) is 48.9 Å². The van der Waals surface area contributed by atoms with E-state index < -0.39 is 28.2 Å². The first kappa shape index (κ1) is 33.6. The molecule has 0 radical (unpaired) electrons. The number of benzene rings is 2. The van der Waals surface area contributed by atoms with Crippen molar-refractivity contribution < 1.29 is 35.6 Å². The van der Waals surface area contributed by atoms with Gasteiger partial charge in [0.25, 0.3) is 10.0 Å². The first-order valence-corrected chi connectivity index (χ1v) is 15.9. The number of anilines is 3. The molecule has 0 unspecified atom stereocenters. The Labute approximate surface area is 267 Å². The zero-order chi connectivity index (χ0) is 33.4. The minimum absolute atomic E-state index is 0.0375. The van der Waals surface area contributed by atoms with Crippen LogP contribution < -0.4 is 16.0 Å². The van der Waals surface area contributed by atoms with E-state index in [0.29, 0.717) is 36.5 Å². The number of nitrogens with one attached hydrogen (secondary N) is 3. The lowest BCUT2D eigenvalue weighted by atomic mass is 9.91. The quantitative estimate of drug-likeness (QED) is 0.139. The summed E-state index contributed by atoms with van der Waals surface area (Å²) in [5.74, 6) is -2.30. The molecule has 12 nitrogen and oxygen atoms in total. The maximum absolute atomic E-state index is 13.6. The van der Waals surface area contributed by atoms with Crippen LogP contribution in [0.2, 0.25) is 0 Å². The van der Waals surface area contributed by atoms with Crippen molar-refractivity contribution in [3.05, 3.63) is 96.5 Å². The summed E-state index contributed by atoms with van der Waals surface area (Å²) in [6.07, 6.45) is 2.00. The van der Waals surface area contributed by atoms with Gasteiger partial charge < -0.3 is 20.8 Å². The number of sulfonamides is 1. The van der Waals surface area contributed by atoms with Crippen molar-refractivity contribution in [1.29, 1.82) is 0 Å². The van der Waals surface area contributed by atoms with Gasteiger partial charge >= 0.3 is 12.1 Å². The Balaban J connectivity index is 1.23. The summed E-state index contributed by atoms with van der Waals surface area (Å²) in [6.45, 7) is 0.645. The van der Waals surface area contributed by atoms with E-state index in [-0.39, 0.29) is 46.6 Å². The minimum atomic E-state index is -5.40. The molecule has 5 rings (SSSR count). The molecule has 0 aliphatic heterocycles. The number of rotatable bonds is 12. The number of hydrogen-bond donors (Lipinski definition) is 3. The molecule has 0 spiro atoms. The molecular weight excluding hydrogens is 644 g/mol. The zero-order valence-corrected chi connectivity index (χ0v) is 25.5. The summed E-state index contributed by atoms with van der Waals surface area (Å²) < 4.78 is 80.0. The third-order valence-corrected chi connectivity index (χ3v) is 9.00. The van der Waals surface area contributed by atoms with E-state index >= 15 is 0 Å². The van der Waals surface area contributed by atoms with Gasteiger partial charge in [-0.25, -0.2) is 32.6 Å². The zero-order valence-electron chi connectivity index (χ0n) is 24.7. The predicted octanol–water partition coefficient (Wildman–Crippen LogP) is 4.87. The van der Waals surface area contributed by atoms with E-state index in [9.17, 15) is 30.8 Å². The summed E-state index contributed by atoms with van der Waals surface area (Å²) in [7, 11) is -4.67. The highest BCUT2D eigenvalue weighted by atomic mass is 32.2. The van der Waals surface area contributed by atoms with Crippen molar-refractivity contribution in [2.45, 2.75) is 61.9 Å². The normalized spacial score (nSPS) is 16.9. The molecule has 3 N–H and O–H groups in total. The lowest BCUT2D eigenvalue weighted by molar-refractivity contribution is -0.228. The fourth-order valence-corrected chi connectivity index (χ4v) is 6.34. The van der Waals surface area contributed by atoms with Crippen LogP contribution in [0.4, 0.5) is 35.0 Å². The van der Waals surface area contributed by atoms with Gasteiger partial charge in [0, 0.05) is 49.0 Å². The van der Waals surface area contributed by atoms with Gasteiger partial charge in [-0.3, -0.25) is 0 Å². The van der Waals surface area contributed by atoms with Crippen LogP contribution in [0.25, 0.3) is 0 Å². The van der Waals surface area contributed by atoms with Crippen molar-refractivity contribution in [2.24, 2.45) is 0 Å². The standard InChI is InChI=1S/C30H30F4N8O4S/c31-22-3-5-24(6-4-22)40-27-13-14-37-29(41-27)39-17-20-1-11-26(12-2-20)47(44,45)42(46-28(43)30(32,33)34)25-9-7-23(8-10-25)38-18-21-15-35-19-36-16-21/h1-6,11-16,19,23,25,38H,7-10,17-18H2,(H2,37,39,40,41). The van der Waals surface area contributed by atoms with Crippen LogP contribution in [-0.4, -0.2) is 57.1 Å². The Hall–Kier alpha value is -4.74. The molecule has 4 aromatic rings. The maximum Gasteiger partial charge on any atom is 0.492 e. The van der Waals surface area contributed by atoms with Crippen LogP contribution in [-0.2, 0) is 32.7 Å². The van der Waals surface area contributed by atoms with Crippen molar-refractivity contribution in [2.75, 3.05) is 10.6 Å². The van der Waals surface area contributed by atoms with Crippen molar-refractivity contribution in [3.8, 4) is 0 Å². The first-order valence-electron chi connectivity index (χ1n) is 14.5. The molecule has 0 amide bonds. The molecule has 0 bridgehead atoms. The molecular formula is C30H30F4N8O4S. The smallest absolute Gasteiger partial charge is 0.350 e. The largest absolute Gasteiger partial charge is 0.492 e. The Morgan fingerprint density at radius 1 is 0.915 bits per heavy atom. The third kappa shape index (κ3) is 9.17. The topological polar surface area (TPSA) is 151 Å². The van der Waals surface area contributed by atoms with E-state index in [1.54, 1.807) is 30.6 Å². The van der Waals surface area contributed by atoms with Crippen LogP contribution in [0.1, 0.15) is 36.8 Å². The van der Waals surface area contributed by atoms with E-state index in [0.717, 1.165) is 5.56 Å². The van der Waals surface area contributed by atoms with E-state index in [2.05, 4.69) is 40.7 Å². The number of nitrogens with zero attached hydrogens (tertiary/aromatic N) is 5. The fourth-order valence-electron chi connectivity index (χ4n) is 4.89. The van der Waals surface area contributed by atoms with Gasteiger partial charge in [0.1, 0.15) is 18.0 Å². The summed E-state index contributed by atoms with van der Waals surface area (Å²) >= 11 is 0. The molecule has 17 heteroatoms. The highest BCUT2D eigenvalue weighted by molar-refractivity contribution is 7.89. The lowest BCUT2D eigenvalue weighted by Gasteiger charge is -2.34. The Morgan fingerprint density at radius 2 is 1.60 bits per heavy atom. The second-order valence-corrected chi connectivity index (χ2v) is 12.4.